The van der Waals surface area contributed by atoms with Gasteiger partial charge in [0.05, 0.1) is 26.2 Å². The number of rotatable bonds is 6. The van der Waals surface area contributed by atoms with Crippen LogP contribution in [0, 0.1) is 5.82 Å². The van der Waals surface area contributed by atoms with Gasteiger partial charge >= 0.3 is 12.1 Å². The molecule has 0 aliphatic carbocycles. The molecule has 1 N–H and O–H groups in total. The molecule has 1 aromatic rings. The SMILES string of the molecule is CCOC(=O)C[C@@H](NC(=O)OC(C)(C)C)c1ccc(OC)c(F)c1. The van der Waals surface area contributed by atoms with Crippen LogP contribution < -0.4 is 10.1 Å². The molecule has 0 spiro atoms. The Morgan fingerprint density at radius 2 is 1.96 bits per heavy atom. The van der Waals surface area contributed by atoms with E-state index in [9.17, 15) is 14.0 Å². The van der Waals surface area contributed by atoms with Crippen molar-refractivity contribution in [2.75, 3.05) is 13.7 Å². The minimum Gasteiger partial charge on any atom is -0.494 e. The van der Waals surface area contributed by atoms with Crippen LogP contribution in [0.15, 0.2) is 18.2 Å². The molecule has 1 atom stereocenters. The Kier molecular flexibility index (Phi) is 7.00. The standard InChI is InChI=1S/C17H24FNO5/c1-6-23-15(20)10-13(19-16(21)24-17(2,3)4)11-7-8-14(22-5)12(18)9-11/h7-9,13H,6,10H2,1-5H3,(H,19,21)/t13-/m1/s1. The number of amides is 1. The highest BCUT2D eigenvalue weighted by Gasteiger charge is 2.24. The number of nitrogens with one attached hydrogen (secondary N) is 1. The van der Waals surface area contributed by atoms with Gasteiger partial charge in [-0.15, -0.1) is 0 Å². The maximum Gasteiger partial charge on any atom is 0.408 e. The second-order valence-corrected chi connectivity index (χ2v) is 6.10. The summed E-state index contributed by atoms with van der Waals surface area (Å²) < 4.78 is 28.9. The van der Waals surface area contributed by atoms with Crippen molar-refractivity contribution < 1.29 is 28.2 Å². The van der Waals surface area contributed by atoms with Crippen LogP contribution in [-0.2, 0) is 14.3 Å². The third-order valence-electron chi connectivity index (χ3n) is 2.95. The van der Waals surface area contributed by atoms with Crippen LogP contribution in [0.5, 0.6) is 5.75 Å². The van der Waals surface area contributed by atoms with Gasteiger partial charge in [-0.25, -0.2) is 9.18 Å². The topological polar surface area (TPSA) is 73.9 Å². The van der Waals surface area contributed by atoms with Crippen molar-refractivity contribution in [1.82, 2.24) is 5.32 Å². The van der Waals surface area contributed by atoms with Gasteiger partial charge in [0, 0.05) is 0 Å². The maximum atomic E-state index is 13.9. The molecular formula is C17H24FNO5. The summed E-state index contributed by atoms with van der Waals surface area (Å²) in [5.41, 5.74) is -0.281. The summed E-state index contributed by atoms with van der Waals surface area (Å²) in [4.78, 5) is 23.8. The first-order valence-corrected chi connectivity index (χ1v) is 7.64. The smallest absolute Gasteiger partial charge is 0.408 e. The molecule has 0 radical (unpaired) electrons. The highest BCUT2D eigenvalue weighted by Crippen LogP contribution is 2.24. The number of carbonyl (C=O) groups excluding carboxylic acids is 2. The van der Waals surface area contributed by atoms with Crippen LogP contribution in [0.3, 0.4) is 0 Å². The van der Waals surface area contributed by atoms with Crippen molar-refractivity contribution in [3.63, 3.8) is 0 Å². The van der Waals surface area contributed by atoms with Gasteiger partial charge in [-0.05, 0) is 45.4 Å². The van der Waals surface area contributed by atoms with Crippen LogP contribution in [0.1, 0.15) is 45.7 Å². The number of carbonyl (C=O) groups is 2. The number of alkyl carbamates (subject to hydrolysis) is 1. The zero-order valence-corrected chi connectivity index (χ0v) is 14.6. The largest absolute Gasteiger partial charge is 0.494 e. The fourth-order valence-electron chi connectivity index (χ4n) is 1.99. The van der Waals surface area contributed by atoms with Gasteiger partial charge in [-0.1, -0.05) is 6.07 Å². The highest BCUT2D eigenvalue weighted by molar-refractivity contribution is 5.73. The van der Waals surface area contributed by atoms with Crippen LogP contribution in [-0.4, -0.2) is 31.4 Å². The Bertz CT molecular complexity index is 583. The summed E-state index contributed by atoms with van der Waals surface area (Å²) in [6.45, 7) is 7.07. The van der Waals surface area contributed by atoms with E-state index >= 15 is 0 Å². The molecule has 0 saturated heterocycles. The van der Waals surface area contributed by atoms with Gasteiger partial charge in [-0.2, -0.15) is 0 Å². The molecule has 0 unspecified atom stereocenters. The van der Waals surface area contributed by atoms with Crippen molar-refractivity contribution in [1.29, 1.82) is 0 Å². The molecule has 134 valence electrons. The number of ether oxygens (including phenoxy) is 3. The lowest BCUT2D eigenvalue weighted by Crippen LogP contribution is -2.36. The van der Waals surface area contributed by atoms with E-state index < -0.39 is 29.5 Å². The average Bonchev–Trinajstić information content (AvgIpc) is 2.44. The molecule has 0 bridgehead atoms. The van der Waals surface area contributed by atoms with Crippen molar-refractivity contribution in [3.05, 3.63) is 29.6 Å². The third kappa shape index (κ3) is 6.44. The van der Waals surface area contributed by atoms with Gasteiger partial charge in [0.1, 0.15) is 5.60 Å². The lowest BCUT2D eigenvalue weighted by Gasteiger charge is -2.23. The summed E-state index contributed by atoms with van der Waals surface area (Å²) in [5, 5.41) is 2.57. The maximum absolute atomic E-state index is 13.9. The summed E-state index contributed by atoms with van der Waals surface area (Å²) in [6.07, 6.45) is -0.841. The lowest BCUT2D eigenvalue weighted by molar-refractivity contribution is -0.143. The molecular weight excluding hydrogens is 317 g/mol. The number of esters is 1. The number of benzene rings is 1. The van der Waals surface area contributed by atoms with Crippen molar-refractivity contribution in [2.45, 2.75) is 45.8 Å². The van der Waals surface area contributed by atoms with Crippen LogP contribution in [0.4, 0.5) is 9.18 Å². The fourth-order valence-corrected chi connectivity index (χ4v) is 1.99. The minimum atomic E-state index is -0.778. The molecule has 0 fully saturated rings. The quantitative estimate of drug-likeness (QED) is 0.803. The van der Waals surface area contributed by atoms with Crippen LogP contribution in [0.25, 0.3) is 0 Å². The molecule has 0 saturated carbocycles. The van der Waals surface area contributed by atoms with Crippen LogP contribution in [0.2, 0.25) is 0 Å². The summed E-state index contributed by atoms with van der Waals surface area (Å²) in [5.74, 6) is -1.02. The second-order valence-electron chi connectivity index (χ2n) is 6.10. The zero-order valence-electron chi connectivity index (χ0n) is 14.6. The van der Waals surface area contributed by atoms with Gasteiger partial charge < -0.3 is 19.5 Å². The normalized spacial score (nSPS) is 12.2. The zero-order chi connectivity index (χ0) is 18.3. The highest BCUT2D eigenvalue weighted by atomic mass is 19.1. The van der Waals surface area contributed by atoms with E-state index in [1.165, 1.54) is 19.2 Å². The lowest BCUT2D eigenvalue weighted by atomic mass is 10.0. The Labute approximate surface area is 141 Å². The first-order chi connectivity index (χ1) is 11.2. The van der Waals surface area contributed by atoms with E-state index in [-0.39, 0.29) is 18.8 Å². The summed E-state index contributed by atoms with van der Waals surface area (Å²) >= 11 is 0. The van der Waals surface area contributed by atoms with Gasteiger partial charge in [0.15, 0.2) is 11.6 Å². The number of methoxy groups -OCH3 is 1. The van der Waals surface area contributed by atoms with Crippen molar-refractivity contribution in [3.8, 4) is 5.75 Å². The van der Waals surface area contributed by atoms with Gasteiger partial charge in [-0.3, -0.25) is 4.79 Å². The number of halogens is 1. The Hall–Kier alpha value is -2.31. The first kappa shape index (κ1) is 19.7. The molecule has 0 aliphatic rings. The Morgan fingerprint density at radius 1 is 1.29 bits per heavy atom. The van der Waals surface area contributed by atoms with E-state index in [1.807, 2.05) is 0 Å². The van der Waals surface area contributed by atoms with Crippen molar-refractivity contribution >= 4 is 12.1 Å². The molecule has 0 heterocycles. The number of hydrogen-bond donors (Lipinski definition) is 1. The monoisotopic (exact) mass is 341 g/mol. The second kappa shape index (κ2) is 8.52. The molecule has 1 rings (SSSR count). The third-order valence-corrected chi connectivity index (χ3v) is 2.95. The number of hydrogen-bond acceptors (Lipinski definition) is 5. The van der Waals surface area contributed by atoms with Gasteiger partial charge in [0.2, 0.25) is 0 Å². The van der Waals surface area contributed by atoms with E-state index in [0.29, 0.717) is 5.56 Å². The Morgan fingerprint density at radius 3 is 2.46 bits per heavy atom. The molecule has 1 aromatic carbocycles. The molecule has 0 aromatic heterocycles. The Balaban J connectivity index is 2.98. The molecule has 0 aliphatic heterocycles. The average molecular weight is 341 g/mol. The predicted molar refractivity (Wildman–Crippen MR) is 86.3 cm³/mol. The first-order valence-electron chi connectivity index (χ1n) is 7.64. The van der Waals surface area contributed by atoms with E-state index in [0.717, 1.165) is 0 Å². The van der Waals surface area contributed by atoms with E-state index in [2.05, 4.69) is 5.32 Å². The van der Waals surface area contributed by atoms with Crippen LogP contribution >= 0.6 is 0 Å². The predicted octanol–water partition coefficient (Wildman–Crippen LogP) is 3.35. The van der Waals surface area contributed by atoms with E-state index in [1.54, 1.807) is 33.8 Å². The van der Waals surface area contributed by atoms with E-state index in [4.69, 9.17) is 14.2 Å². The van der Waals surface area contributed by atoms with Crippen molar-refractivity contribution in [2.24, 2.45) is 0 Å². The molecule has 1 amide bonds. The molecule has 6 nitrogen and oxygen atoms in total. The molecule has 7 heteroatoms. The molecule has 24 heavy (non-hydrogen) atoms. The summed E-state index contributed by atoms with van der Waals surface area (Å²) in [6, 6.07) is 3.43. The summed E-state index contributed by atoms with van der Waals surface area (Å²) in [7, 11) is 1.35. The minimum absolute atomic E-state index is 0.0749. The van der Waals surface area contributed by atoms with Gasteiger partial charge in [0.25, 0.3) is 0 Å². The fraction of sp³-hybridized carbons (Fsp3) is 0.529.